The molecule has 0 spiro atoms. The lowest BCUT2D eigenvalue weighted by atomic mass is 10.1. The average molecular weight is 219 g/mol. The first-order valence-electron chi connectivity index (χ1n) is 4.49. The van der Waals surface area contributed by atoms with Gasteiger partial charge in [0.25, 0.3) is 5.72 Å². The molecule has 0 heterocycles. The zero-order valence-electron chi connectivity index (χ0n) is 8.21. The number of hydrogen-bond acceptors (Lipinski definition) is 2. The van der Waals surface area contributed by atoms with Crippen molar-refractivity contribution in [2.45, 2.75) is 25.2 Å². The summed E-state index contributed by atoms with van der Waals surface area (Å²) >= 11 is 0. The van der Waals surface area contributed by atoms with Crippen molar-refractivity contribution in [3.8, 4) is 5.75 Å². The predicted molar refractivity (Wildman–Crippen MR) is 50.3 cm³/mol. The van der Waals surface area contributed by atoms with Crippen molar-refractivity contribution >= 4 is 0 Å². The fourth-order valence-electron chi connectivity index (χ4n) is 1.03. The van der Waals surface area contributed by atoms with Crippen LogP contribution in [0.25, 0.3) is 0 Å². The lowest BCUT2D eigenvalue weighted by molar-refractivity contribution is -0.247. The van der Waals surface area contributed by atoms with Gasteiger partial charge >= 0.3 is 6.18 Å². The van der Waals surface area contributed by atoms with Crippen molar-refractivity contribution in [1.82, 2.24) is 0 Å². The summed E-state index contributed by atoms with van der Waals surface area (Å²) in [5.41, 5.74) is 2.54. The Morgan fingerprint density at radius 1 is 1.20 bits per heavy atom. The molecule has 0 saturated heterocycles. The minimum atomic E-state index is -4.59. The van der Waals surface area contributed by atoms with Crippen LogP contribution in [0.1, 0.15) is 13.3 Å². The molecule has 15 heavy (non-hydrogen) atoms. The minimum Gasteiger partial charge on any atom is -0.463 e. The molecule has 0 amide bonds. The summed E-state index contributed by atoms with van der Waals surface area (Å²) < 4.78 is 42.4. The third-order valence-corrected chi connectivity index (χ3v) is 2.05. The van der Waals surface area contributed by atoms with Crippen molar-refractivity contribution in [2.24, 2.45) is 5.73 Å². The fourth-order valence-corrected chi connectivity index (χ4v) is 1.03. The summed E-state index contributed by atoms with van der Waals surface area (Å²) in [5.74, 6) is 0.110. The standard InChI is InChI=1S/C10H12F3NO/c1-2-9(14,10(11,12)13)15-8-6-4-3-5-7-8/h3-7H,2,14H2,1H3. The molecule has 1 atom stereocenters. The summed E-state index contributed by atoms with van der Waals surface area (Å²) in [6.45, 7) is 1.33. The van der Waals surface area contributed by atoms with Gasteiger partial charge in [-0.15, -0.1) is 0 Å². The summed E-state index contributed by atoms with van der Waals surface area (Å²) in [6.07, 6.45) is -4.93. The van der Waals surface area contributed by atoms with E-state index in [9.17, 15) is 13.2 Å². The van der Waals surface area contributed by atoms with Crippen LogP contribution in [-0.4, -0.2) is 11.9 Å². The molecule has 0 aliphatic rings. The van der Waals surface area contributed by atoms with E-state index in [1.807, 2.05) is 0 Å². The second-order valence-electron chi connectivity index (χ2n) is 3.16. The topological polar surface area (TPSA) is 35.2 Å². The van der Waals surface area contributed by atoms with Gasteiger partial charge in [0.15, 0.2) is 0 Å². The Labute approximate surface area is 85.8 Å². The third-order valence-electron chi connectivity index (χ3n) is 2.05. The Morgan fingerprint density at radius 2 is 1.73 bits per heavy atom. The van der Waals surface area contributed by atoms with E-state index in [4.69, 9.17) is 10.5 Å². The number of rotatable bonds is 3. The minimum absolute atomic E-state index is 0.110. The molecule has 0 saturated carbocycles. The van der Waals surface area contributed by atoms with Crippen molar-refractivity contribution in [3.63, 3.8) is 0 Å². The highest BCUT2D eigenvalue weighted by molar-refractivity contribution is 5.22. The quantitative estimate of drug-likeness (QED) is 0.793. The molecule has 1 aromatic rings. The van der Waals surface area contributed by atoms with E-state index in [1.165, 1.54) is 19.1 Å². The number of benzene rings is 1. The van der Waals surface area contributed by atoms with Crippen LogP contribution < -0.4 is 10.5 Å². The third kappa shape index (κ3) is 2.62. The van der Waals surface area contributed by atoms with Gasteiger partial charge in [-0.3, -0.25) is 5.73 Å². The Balaban J connectivity index is 2.87. The molecule has 1 rings (SSSR count). The van der Waals surface area contributed by atoms with E-state index < -0.39 is 11.9 Å². The molecule has 0 radical (unpaired) electrons. The van der Waals surface area contributed by atoms with E-state index in [1.54, 1.807) is 18.2 Å². The van der Waals surface area contributed by atoms with Gasteiger partial charge in [-0.05, 0) is 12.1 Å². The summed E-state index contributed by atoms with van der Waals surface area (Å²) in [7, 11) is 0. The maximum atomic E-state index is 12.5. The van der Waals surface area contributed by atoms with Crippen LogP contribution in [0.2, 0.25) is 0 Å². The molecule has 5 heteroatoms. The van der Waals surface area contributed by atoms with Crippen LogP contribution in [-0.2, 0) is 0 Å². The molecule has 0 aromatic heterocycles. The molecule has 2 nitrogen and oxygen atoms in total. The van der Waals surface area contributed by atoms with Gasteiger partial charge in [0.05, 0.1) is 0 Å². The lowest BCUT2D eigenvalue weighted by Gasteiger charge is -2.31. The molecule has 0 fully saturated rings. The first-order chi connectivity index (χ1) is 6.89. The van der Waals surface area contributed by atoms with E-state index in [0.29, 0.717) is 0 Å². The molecule has 0 aliphatic heterocycles. The Hall–Kier alpha value is -1.23. The van der Waals surface area contributed by atoms with E-state index in [0.717, 1.165) is 0 Å². The van der Waals surface area contributed by atoms with Gasteiger partial charge in [-0.1, -0.05) is 25.1 Å². The van der Waals surface area contributed by atoms with Crippen molar-refractivity contribution in [1.29, 1.82) is 0 Å². The Kier molecular flexibility index (Phi) is 3.24. The van der Waals surface area contributed by atoms with Crippen LogP contribution in [0.5, 0.6) is 5.75 Å². The lowest BCUT2D eigenvalue weighted by Crippen LogP contribution is -2.57. The van der Waals surface area contributed by atoms with Crippen molar-refractivity contribution < 1.29 is 17.9 Å². The molecule has 1 unspecified atom stereocenters. The maximum absolute atomic E-state index is 12.5. The normalized spacial score (nSPS) is 15.8. The summed E-state index contributed by atoms with van der Waals surface area (Å²) in [6, 6.07) is 7.72. The second-order valence-corrected chi connectivity index (χ2v) is 3.16. The maximum Gasteiger partial charge on any atom is 0.442 e. The SMILES string of the molecule is CCC(N)(Oc1ccccc1)C(F)(F)F. The first-order valence-corrected chi connectivity index (χ1v) is 4.49. The van der Waals surface area contributed by atoms with Crippen LogP contribution in [0.3, 0.4) is 0 Å². The van der Waals surface area contributed by atoms with Crippen LogP contribution in [0.15, 0.2) is 30.3 Å². The van der Waals surface area contributed by atoms with Crippen molar-refractivity contribution in [3.05, 3.63) is 30.3 Å². The van der Waals surface area contributed by atoms with Gasteiger partial charge in [-0.2, -0.15) is 13.2 Å². The van der Waals surface area contributed by atoms with E-state index in [-0.39, 0.29) is 12.2 Å². The predicted octanol–water partition coefficient (Wildman–Crippen LogP) is 2.69. The first kappa shape index (κ1) is 11.8. The summed E-state index contributed by atoms with van der Waals surface area (Å²) in [4.78, 5) is 0. The van der Waals surface area contributed by atoms with Gasteiger partial charge in [0.2, 0.25) is 0 Å². The summed E-state index contributed by atoms with van der Waals surface area (Å²) in [5, 5.41) is 0. The zero-order valence-corrected chi connectivity index (χ0v) is 8.21. The number of halogens is 3. The van der Waals surface area contributed by atoms with Gasteiger partial charge in [0, 0.05) is 6.42 Å². The van der Waals surface area contributed by atoms with Gasteiger partial charge < -0.3 is 4.74 Å². The van der Waals surface area contributed by atoms with Gasteiger partial charge in [-0.25, -0.2) is 0 Å². The van der Waals surface area contributed by atoms with Crippen molar-refractivity contribution in [2.75, 3.05) is 0 Å². The molecular weight excluding hydrogens is 207 g/mol. The number of nitrogens with two attached hydrogens (primary N) is 1. The van der Waals surface area contributed by atoms with Crippen LogP contribution in [0.4, 0.5) is 13.2 Å². The molecular formula is C10H12F3NO. The number of alkyl halides is 3. The molecule has 84 valence electrons. The van der Waals surface area contributed by atoms with Crippen LogP contribution in [0, 0.1) is 0 Å². The molecule has 0 aliphatic carbocycles. The number of para-hydroxylation sites is 1. The highest BCUT2D eigenvalue weighted by Gasteiger charge is 2.53. The van der Waals surface area contributed by atoms with Crippen LogP contribution >= 0.6 is 0 Å². The highest BCUT2D eigenvalue weighted by Crippen LogP contribution is 2.32. The van der Waals surface area contributed by atoms with E-state index >= 15 is 0 Å². The molecule has 2 N–H and O–H groups in total. The monoisotopic (exact) mass is 219 g/mol. The Bertz CT molecular complexity index is 312. The molecule has 1 aromatic carbocycles. The van der Waals surface area contributed by atoms with E-state index in [2.05, 4.69) is 0 Å². The number of hydrogen-bond donors (Lipinski definition) is 1. The highest BCUT2D eigenvalue weighted by atomic mass is 19.4. The smallest absolute Gasteiger partial charge is 0.442 e. The average Bonchev–Trinajstić information content (AvgIpc) is 2.17. The zero-order chi connectivity index (χ0) is 11.5. The fraction of sp³-hybridized carbons (Fsp3) is 0.400. The van der Waals surface area contributed by atoms with Gasteiger partial charge in [0.1, 0.15) is 5.75 Å². The second kappa shape index (κ2) is 4.10. The largest absolute Gasteiger partial charge is 0.463 e. The Morgan fingerprint density at radius 3 is 2.13 bits per heavy atom. The molecule has 0 bridgehead atoms. The number of ether oxygens (including phenoxy) is 1.